The van der Waals surface area contributed by atoms with Crippen molar-refractivity contribution >= 4 is 28.9 Å². The second-order valence-corrected chi connectivity index (χ2v) is 4.84. The molecule has 1 amide bonds. The summed E-state index contributed by atoms with van der Waals surface area (Å²) in [7, 11) is 0. The van der Waals surface area contributed by atoms with Crippen LogP contribution < -0.4 is 10.6 Å². The highest BCUT2D eigenvalue weighted by Gasteiger charge is 2.22. The first kappa shape index (κ1) is 13.8. The number of hydrogen-bond donors (Lipinski definition) is 2. The predicted molar refractivity (Wildman–Crippen MR) is 72.3 cm³/mol. The molecule has 6 nitrogen and oxygen atoms in total. The number of halogens is 1. The lowest BCUT2D eigenvalue weighted by Crippen LogP contribution is -2.34. The molecular formula is C12H14ClN3O3. The monoisotopic (exact) mass is 283 g/mol. The average Bonchev–Trinajstić information content (AvgIpc) is 2.42. The Labute approximate surface area is 115 Å². The molecule has 1 heterocycles. The molecule has 0 aliphatic carbocycles. The minimum atomic E-state index is -0.517. The Bertz CT molecular complexity index is 501. The zero-order valence-electron chi connectivity index (χ0n) is 10.2. The van der Waals surface area contributed by atoms with Crippen LogP contribution in [0, 0.1) is 16.0 Å². The predicted octanol–water partition coefficient (Wildman–Crippen LogP) is 2.19. The maximum Gasteiger partial charge on any atom is 0.271 e. The van der Waals surface area contributed by atoms with Gasteiger partial charge in [-0.15, -0.1) is 0 Å². The topological polar surface area (TPSA) is 84.3 Å². The molecule has 2 rings (SSSR count). The number of anilines is 1. The third-order valence-corrected chi connectivity index (χ3v) is 3.46. The Morgan fingerprint density at radius 3 is 2.74 bits per heavy atom. The Hall–Kier alpha value is -1.66. The third kappa shape index (κ3) is 3.42. The third-order valence-electron chi connectivity index (χ3n) is 3.13. The molecule has 0 aromatic heterocycles. The van der Waals surface area contributed by atoms with Gasteiger partial charge in [-0.25, -0.2) is 0 Å². The van der Waals surface area contributed by atoms with Gasteiger partial charge >= 0.3 is 0 Å². The van der Waals surface area contributed by atoms with E-state index in [1.165, 1.54) is 18.2 Å². The summed E-state index contributed by atoms with van der Waals surface area (Å²) < 4.78 is 0. The van der Waals surface area contributed by atoms with Crippen LogP contribution in [0.15, 0.2) is 18.2 Å². The molecule has 0 saturated carbocycles. The van der Waals surface area contributed by atoms with Crippen LogP contribution in [0.1, 0.15) is 12.8 Å². The minimum absolute atomic E-state index is 0.0726. The van der Waals surface area contributed by atoms with E-state index in [-0.39, 0.29) is 17.5 Å². The molecule has 1 fully saturated rings. The highest BCUT2D eigenvalue weighted by molar-refractivity contribution is 6.33. The number of piperidine rings is 1. The fraction of sp³-hybridized carbons (Fsp3) is 0.417. The summed E-state index contributed by atoms with van der Waals surface area (Å²) in [5.41, 5.74) is 0.199. The van der Waals surface area contributed by atoms with E-state index in [0.29, 0.717) is 10.7 Å². The van der Waals surface area contributed by atoms with E-state index >= 15 is 0 Å². The van der Waals surface area contributed by atoms with Crippen LogP contribution in [0.2, 0.25) is 5.02 Å². The molecular weight excluding hydrogens is 270 g/mol. The van der Waals surface area contributed by atoms with E-state index in [0.717, 1.165) is 25.9 Å². The lowest BCUT2D eigenvalue weighted by atomic mass is 9.97. The first-order chi connectivity index (χ1) is 9.08. The molecule has 7 heteroatoms. The van der Waals surface area contributed by atoms with Crippen molar-refractivity contribution in [3.63, 3.8) is 0 Å². The molecule has 102 valence electrons. The lowest BCUT2D eigenvalue weighted by Gasteiger charge is -2.21. The van der Waals surface area contributed by atoms with Crippen LogP contribution in [0.4, 0.5) is 11.4 Å². The summed E-state index contributed by atoms with van der Waals surface area (Å²) in [5, 5.41) is 16.8. The summed E-state index contributed by atoms with van der Waals surface area (Å²) in [4.78, 5) is 22.2. The van der Waals surface area contributed by atoms with Crippen molar-refractivity contribution < 1.29 is 9.72 Å². The number of carbonyl (C=O) groups is 1. The molecule has 0 bridgehead atoms. The minimum Gasteiger partial charge on any atom is -0.324 e. The zero-order chi connectivity index (χ0) is 13.8. The van der Waals surface area contributed by atoms with Gasteiger partial charge in [0.15, 0.2) is 0 Å². The van der Waals surface area contributed by atoms with Crippen LogP contribution in [-0.4, -0.2) is 23.9 Å². The SMILES string of the molecule is O=C(Nc1cc([N+](=O)[O-])ccc1Cl)C1CCNCC1. The van der Waals surface area contributed by atoms with Gasteiger partial charge < -0.3 is 10.6 Å². The molecule has 2 N–H and O–H groups in total. The molecule has 1 saturated heterocycles. The number of hydrogen-bond acceptors (Lipinski definition) is 4. The van der Waals surface area contributed by atoms with E-state index < -0.39 is 4.92 Å². The van der Waals surface area contributed by atoms with Crippen molar-refractivity contribution in [3.8, 4) is 0 Å². The van der Waals surface area contributed by atoms with Crippen LogP contribution >= 0.6 is 11.6 Å². The molecule has 1 aliphatic rings. The van der Waals surface area contributed by atoms with Crippen LogP contribution in [0.25, 0.3) is 0 Å². The number of amides is 1. The average molecular weight is 284 g/mol. The van der Waals surface area contributed by atoms with Gasteiger partial charge in [0.1, 0.15) is 0 Å². The first-order valence-corrected chi connectivity index (χ1v) is 6.41. The normalized spacial score (nSPS) is 16.1. The van der Waals surface area contributed by atoms with Crippen LogP contribution in [-0.2, 0) is 4.79 Å². The summed E-state index contributed by atoms with van der Waals surface area (Å²) in [6.45, 7) is 1.61. The van der Waals surface area contributed by atoms with Crippen molar-refractivity contribution in [1.82, 2.24) is 5.32 Å². The molecule has 1 aromatic carbocycles. The molecule has 0 atom stereocenters. The standard InChI is InChI=1S/C12H14ClN3O3/c13-10-2-1-9(16(18)19)7-11(10)15-12(17)8-3-5-14-6-4-8/h1-2,7-8,14H,3-6H2,(H,15,17). The van der Waals surface area contributed by atoms with Crippen LogP contribution in [0.3, 0.4) is 0 Å². The number of nitro groups is 1. The van der Waals surface area contributed by atoms with Gasteiger partial charge in [0, 0.05) is 18.1 Å². The number of rotatable bonds is 3. The van der Waals surface area contributed by atoms with Gasteiger partial charge in [0.25, 0.3) is 5.69 Å². The molecule has 1 aromatic rings. The van der Waals surface area contributed by atoms with Gasteiger partial charge in [-0.2, -0.15) is 0 Å². The summed E-state index contributed by atoms with van der Waals surface area (Å²) >= 11 is 5.93. The van der Waals surface area contributed by atoms with E-state index in [1.807, 2.05) is 0 Å². The van der Waals surface area contributed by atoms with Crippen molar-refractivity contribution in [2.24, 2.45) is 5.92 Å². The molecule has 0 spiro atoms. The highest BCUT2D eigenvalue weighted by Crippen LogP contribution is 2.27. The largest absolute Gasteiger partial charge is 0.324 e. The number of carbonyl (C=O) groups excluding carboxylic acids is 1. The second-order valence-electron chi connectivity index (χ2n) is 4.43. The molecule has 19 heavy (non-hydrogen) atoms. The highest BCUT2D eigenvalue weighted by atomic mass is 35.5. The van der Waals surface area contributed by atoms with Crippen molar-refractivity contribution in [2.75, 3.05) is 18.4 Å². The van der Waals surface area contributed by atoms with Crippen molar-refractivity contribution in [1.29, 1.82) is 0 Å². The number of nitrogens with one attached hydrogen (secondary N) is 2. The number of benzene rings is 1. The van der Waals surface area contributed by atoms with Crippen LogP contribution in [0.5, 0.6) is 0 Å². The van der Waals surface area contributed by atoms with Gasteiger partial charge in [-0.05, 0) is 32.0 Å². The fourth-order valence-corrected chi connectivity index (χ4v) is 2.21. The maximum atomic E-state index is 12.0. The smallest absolute Gasteiger partial charge is 0.271 e. The Balaban J connectivity index is 2.11. The number of nitro benzene ring substituents is 1. The maximum absolute atomic E-state index is 12.0. The summed E-state index contributed by atoms with van der Waals surface area (Å²) in [6, 6.07) is 4.00. The van der Waals surface area contributed by atoms with Gasteiger partial charge in [-0.3, -0.25) is 14.9 Å². The molecule has 1 aliphatic heterocycles. The number of nitrogens with zero attached hydrogens (tertiary/aromatic N) is 1. The van der Waals surface area contributed by atoms with Gasteiger partial charge in [0.05, 0.1) is 15.6 Å². The Morgan fingerprint density at radius 1 is 1.42 bits per heavy atom. The lowest BCUT2D eigenvalue weighted by molar-refractivity contribution is -0.384. The Morgan fingerprint density at radius 2 is 2.11 bits per heavy atom. The fourth-order valence-electron chi connectivity index (χ4n) is 2.04. The zero-order valence-corrected chi connectivity index (χ0v) is 10.9. The molecule has 0 unspecified atom stereocenters. The van der Waals surface area contributed by atoms with E-state index in [9.17, 15) is 14.9 Å². The van der Waals surface area contributed by atoms with E-state index in [2.05, 4.69) is 10.6 Å². The van der Waals surface area contributed by atoms with Crippen molar-refractivity contribution in [3.05, 3.63) is 33.3 Å². The summed E-state index contributed by atoms with van der Waals surface area (Å²) in [6.07, 6.45) is 1.52. The Kier molecular flexibility index (Phi) is 4.34. The van der Waals surface area contributed by atoms with Gasteiger partial charge in [0.2, 0.25) is 5.91 Å². The quantitative estimate of drug-likeness (QED) is 0.658. The number of non-ortho nitro benzene ring substituents is 1. The molecule has 0 radical (unpaired) electrons. The van der Waals surface area contributed by atoms with Gasteiger partial charge in [-0.1, -0.05) is 11.6 Å². The van der Waals surface area contributed by atoms with Crippen molar-refractivity contribution in [2.45, 2.75) is 12.8 Å². The van der Waals surface area contributed by atoms with E-state index in [1.54, 1.807) is 0 Å². The van der Waals surface area contributed by atoms with E-state index in [4.69, 9.17) is 11.6 Å². The summed E-state index contributed by atoms with van der Waals surface area (Å²) in [5.74, 6) is -0.208. The second kappa shape index (κ2) is 5.99. The first-order valence-electron chi connectivity index (χ1n) is 6.03.